The molecule has 2 amide bonds. The van der Waals surface area contributed by atoms with Crippen molar-refractivity contribution in [2.24, 2.45) is 5.73 Å². The molecule has 0 bridgehead atoms. The lowest BCUT2D eigenvalue weighted by molar-refractivity contribution is 0.249. The first kappa shape index (κ1) is 12.8. The number of halogens is 1. The highest BCUT2D eigenvalue weighted by atomic mass is 35.5. The van der Waals surface area contributed by atoms with Crippen molar-refractivity contribution in [3.8, 4) is 0 Å². The number of benzene rings is 1. The summed E-state index contributed by atoms with van der Waals surface area (Å²) in [5.74, 6) is 0. The largest absolute Gasteiger partial charge is 0.352 e. The van der Waals surface area contributed by atoms with Gasteiger partial charge in [-0.2, -0.15) is 0 Å². The first-order valence-electron chi connectivity index (χ1n) is 5.11. The molecule has 1 aromatic carbocycles. The molecule has 4 nitrogen and oxygen atoms in total. The van der Waals surface area contributed by atoms with E-state index in [9.17, 15) is 4.79 Å². The number of hydrogen-bond acceptors (Lipinski definition) is 2. The topological polar surface area (TPSA) is 67.2 Å². The third kappa shape index (κ3) is 4.51. The summed E-state index contributed by atoms with van der Waals surface area (Å²) in [6, 6.07) is 7.38. The zero-order chi connectivity index (χ0) is 12.0. The molecule has 0 radical (unpaired) electrons. The second-order valence-corrected chi connectivity index (χ2v) is 3.95. The molecule has 0 saturated heterocycles. The summed E-state index contributed by atoms with van der Waals surface area (Å²) in [6.07, 6.45) is 0. The molecule has 0 saturated carbocycles. The molecule has 16 heavy (non-hydrogen) atoms. The molecule has 0 aliphatic carbocycles. The van der Waals surface area contributed by atoms with Gasteiger partial charge in [0.05, 0.1) is 0 Å². The minimum atomic E-state index is -0.499. The molecule has 1 rings (SSSR count). The molecule has 1 atom stereocenters. The number of nitrogens with two attached hydrogens (primary N) is 1. The number of carbonyl (C=O) groups is 1. The molecule has 0 fully saturated rings. The summed E-state index contributed by atoms with van der Waals surface area (Å²) in [6.45, 7) is 3.24. The van der Waals surface area contributed by atoms with E-state index < -0.39 is 6.03 Å². The van der Waals surface area contributed by atoms with Gasteiger partial charge in [0.25, 0.3) is 0 Å². The van der Waals surface area contributed by atoms with E-state index in [-0.39, 0.29) is 6.04 Å². The maximum Gasteiger partial charge on any atom is 0.312 e. The number of nitrogens with one attached hydrogen (secondary N) is 2. The first-order valence-corrected chi connectivity index (χ1v) is 5.49. The molecule has 88 valence electrons. The van der Waals surface area contributed by atoms with E-state index in [2.05, 4.69) is 10.6 Å². The van der Waals surface area contributed by atoms with Crippen LogP contribution in [-0.4, -0.2) is 19.1 Å². The summed E-state index contributed by atoms with van der Waals surface area (Å²) in [5, 5.41) is 6.51. The smallest absolute Gasteiger partial charge is 0.312 e. The fraction of sp³-hybridized carbons (Fsp3) is 0.364. The van der Waals surface area contributed by atoms with Crippen LogP contribution in [0.4, 0.5) is 4.79 Å². The molecule has 4 N–H and O–H groups in total. The number of rotatable bonds is 5. The minimum absolute atomic E-state index is 0.215. The van der Waals surface area contributed by atoms with Gasteiger partial charge in [-0.25, -0.2) is 4.79 Å². The highest BCUT2D eigenvalue weighted by molar-refractivity contribution is 6.30. The average molecular weight is 242 g/mol. The van der Waals surface area contributed by atoms with Gasteiger partial charge in [-0.15, -0.1) is 0 Å². The second-order valence-electron chi connectivity index (χ2n) is 3.52. The molecule has 0 aliphatic heterocycles. The molecule has 0 aromatic heterocycles. The minimum Gasteiger partial charge on any atom is -0.352 e. The van der Waals surface area contributed by atoms with E-state index in [1.54, 1.807) is 0 Å². The summed E-state index contributed by atoms with van der Waals surface area (Å²) in [5.41, 5.74) is 6.10. The van der Waals surface area contributed by atoms with Crippen molar-refractivity contribution >= 4 is 17.6 Å². The fourth-order valence-corrected chi connectivity index (χ4v) is 1.47. The standard InChI is InChI=1S/C11H16ClN3O/c1-8(14-6-7-15-11(13)16)9-2-4-10(12)5-3-9/h2-5,8,14H,6-7H2,1H3,(H3,13,15,16). The molecule has 1 aromatic rings. The third-order valence-corrected chi connectivity index (χ3v) is 2.50. The van der Waals surface area contributed by atoms with Crippen LogP contribution in [0.1, 0.15) is 18.5 Å². The van der Waals surface area contributed by atoms with Crippen molar-refractivity contribution in [3.05, 3.63) is 34.9 Å². The Morgan fingerprint density at radius 3 is 2.56 bits per heavy atom. The maximum atomic E-state index is 10.4. The Labute approximate surface area is 100 Å². The van der Waals surface area contributed by atoms with Crippen molar-refractivity contribution in [1.29, 1.82) is 0 Å². The van der Waals surface area contributed by atoms with Gasteiger partial charge in [0.15, 0.2) is 0 Å². The summed E-state index contributed by atoms with van der Waals surface area (Å²) >= 11 is 5.80. The van der Waals surface area contributed by atoms with Crippen LogP contribution in [0.15, 0.2) is 24.3 Å². The molecule has 1 unspecified atom stereocenters. The summed E-state index contributed by atoms with van der Waals surface area (Å²) < 4.78 is 0. The zero-order valence-corrected chi connectivity index (χ0v) is 9.92. The van der Waals surface area contributed by atoms with Gasteiger partial charge < -0.3 is 16.4 Å². The Morgan fingerprint density at radius 1 is 1.38 bits per heavy atom. The highest BCUT2D eigenvalue weighted by Gasteiger charge is 2.03. The molecule has 5 heteroatoms. The molecular weight excluding hydrogens is 226 g/mol. The third-order valence-electron chi connectivity index (χ3n) is 2.24. The van der Waals surface area contributed by atoms with Gasteiger partial charge >= 0.3 is 6.03 Å². The van der Waals surface area contributed by atoms with Crippen LogP contribution in [0.2, 0.25) is 5.02 Å². The zero-order valence-electron chi connectivity index (χ0n) is 9.16. The van der Waals surface area contributed by atoms with Crippen molar-refractivity contribution < 1.29 is 4.79 Å². The lowest BCUT2D eigenvalue weighted by atomic mass is 10.1. The van der Waals surface area contributed by atoms with Gasteiger partial charge in [0, 0.05) is 24.2 Å². The van der Waals surface area contributed by atoms with Gasteiger partial charge in [-0.3, -0.25) is 0 Å². The van der Waals surface area contributed by atoms with E-state index in [1.807, 2.05) is 31.2 Å². The van der Waals surface area contributed by atoms with Gasteiger partial charge in [-0.05, 0) is 24.6 Å². The first-order chi connectivity index (χ1) is 7.59. The Balaban J connectivity index is 2.32. The second kappa shape index (κ2) is 6.35. The highest BCUT2D eigenvalue weighted by Crippen LogP contribution is 2.15. The van der Waals surface area contributed by atoms with Crippen molar-refractivity contribution in [3.63, 3.8) is 0 Å². The molecular formula is C11H16ClN3O. The fourth-order valence-electron chi connectivity index (χ4n) is 1.34. The van der Waals surface area contributed by atoms with E-state index >= 15 is 0 Å². The Hall–Kier alpha value is -1.26. The average Bonchev–Trinajstić information content (AvgIpc) is 2.25. The molecule has 0 aliphatic rings. The van der Waals surface area contributed by atoms with Crippen LogP contribution in [-0.2, 0) is 0 Å². The van der Waals surface area contributed by atoms with Crippen LogP contribution in [0.25, 0.3) is 0 Å². The monoisotopic (exact) mass is 241 g/mol. The lowest BCUT2D eigenvalue weighted by Gasteiger charge is -2.14. The number of primary amides is 1. The van der Waals surface area contributed by atoms with Gasteiger partial charge in [-0.1, -0.05) is 23.7 Å². The van der Waals surface area contributed by atoms with Crippen molar-refractivity contribution in [2.45, 2.75) is 13.0 Å². The lowest BCUT2D eigenvalue weighted by Crippen LogP contribution is -2.35. The SMILES string of the molecule is CC(NCCNC(N)=O)c1ccc(Cl)cc1. The predicted octanol–water partition coefficient (Wildman–Crippen LogP) is 1.66. The van der Waals surface area contributed by atoms with Gasteiger partial charge in [0.2, 0.25) is 0 Å². The number of urea groups is 1. The van der Waals surface area contributed by atoms with Crippen LogP contribution < -0.4 is 16.4 Å². The molecule has 0 spiro atoms. The number of amides is 2. The number of carbonyl (C=O) groups excluding carboxylic acids is 1. The van der Waals surface area contributed by atoms with Gasteiger partial charge in [0.1, 0.15) is 0 Å². The van der Waals surface area contributed by atoms with Crippen LogP contribution in [0.3, 0.4) is 0 Å². The van der Waals surface area contributed by atoms with E-state index in [4.69, 9.17) is 17.3 Å². The van der Waals surface area contributed by atoms with E-state index in [0.717, 1.165) is 10.6 Å². The van der Waals surface area contributed by atoms with Crippen LogP contribution in [0.5, 0.6) is 0 Å². The summed E-state index contributed by atoms with van der Waals surface area (Å²) in [4.78, 5) is 10.4. The van der Waals surface area contributed by atoms with Crippen LogP contribution in [0, 0.1) is 0 Å². The maximum absolute atomic E-state index is 10.4. The quantitative estimate of drug-likeness (QED) is 0.687. The van der Waals surface area contributed by atoms with E-state index in [1.165, 1.54) is 0 Å². The van der Waals surface area contributed by atoms with Crippen molar-refractivity contribution in [2.75, 3.05) is 13.1 Å². The number of hydrogen-bond donors (Lipinski definition) is 3. The van der Waals surface area contributed by atoms with Crippen LogP contribution >= 0.6 is 11.6 Å². The Kier molecular flexibility index (Phi) is 5.08. The molecule has 0 heterocycles. The Morgan fingerprint density at radius 2 is 2.00 bits per heavy atom. The summed E-state index contributed by atoms with van der Waals surface area (Å²) in [7, 11) is 0. The predicted molar refractivity (Wildman–Crippen MR) is 65.5 cm³/mol. The van der Waals surface area contributed by atoms with Crippen molar-refractivity contribution in [1.82, 2.24) is 10.6 Å². The van der Waals surface area contributed by atoms with E-state index in [0.29, 0.717) is 13.1 Å². The normalized spacial score (nSPS) is 12.1. The Bertz CT molecular complexity index is 340.